The summed E-state index contributed by atoms with van der Waals surface area (Å²) >= 11 is 1.21. The zero-order valence-corrected chi connectivity index (χ0v) is 19.9. The maximum atomic E-state index is 13.1. The summed E-state index contributed by atoms with van der Waals surface area (Å²) in [5.41, 5.74) is 4.70. The smallest absolute Gasteiger partial charge is 0.378 e. The predicted molar refractivity (Wildman–Crippen MR) is 123 cm³/mol. The first-order valence-electron chi connectivity index (χ1n) is 11.2. The SMILES string of the molecule is CC(C)[C@H](Sc1nnc(CNc2cccc(C(F)(F)F)c2)n1C1CCCCC1)C(=O)NC(N)=O. The van der Waals surface area contributed by atoms with Crippen LogP contribution in [0.25, 0.3) is 0 Å². The molecule has 0 radical (unpaired) electrons. The number of nitrogens with zero attached hydrogens (tertiary/aromatic N) is 3. The number of primary amides is 1. The summed E-state index contributed by atoms with van der Waals surface area (Å²) in [6.45, 7) is 3.89. The van der Waals surface area contributed by atoms with Gasteiger partial charge in [-0.2, -0.15) is 13.2 Å². The van der Waals surface area contributed by atoms with Crippen molar-refractivity contribution in [3.05, 3.63) is 35.7 Å². The Morgan fingerprint density at radius 3 is 2.53 bits per heavy atom. The number of urea groups is 1. The minimum atomic E-state index is -4.43. The number of nitrogens with two attached hydrogens (primary N) is 1. The molecule has 186 valence electrons. The molecule has 3 rings (SSSR count). The van der Waals surface area contributed by atoms with E-state index in [-0.39, 0.29) is 18.5 Å². The van der Waals surface area contributed by atoms with Gasteiger partial charge in [0.25, 0.3) is 0 Å². The van der Waals surface area contributed by atoms with Gasteiger partial charge >= 0.3 is 12.2 Å². The largest absolute Gasteiger partial charge is 0.416 e. The normalized spacial score (nSPS) is 15.8. The predicted octanol–water partition coefficient (Wildman–Crippen LogP) is 4.73. The third-order valence-corrected chi connectivity index (χ3v) is 7.16. The number of thioether (sulfide) groups is 1. The third-order valence-electron chi connectivity index (χ3n) is 5.66. The zero-order valence-electron chi connectivity index (χ0n) is 19.1. The quantitative estimate of drug-likeness (QED) is 0.454. The average molecular weight is 499 g/mol. The lowest BCUT2D eigenvalue weighted by molar-refractivity contribution is -0.137. The maximum absolute atomic E-state index is 13.1. The molecule has 1 saturated carbocycles. The van der Waals surface area contributed by atoms with Gasteiger partial charge in [-0.3, -0.25) is 10.1 Å². The fraction of sp³-hybridized carbons (Fsp3) is 0.545. The summed E-state index contributed by atoms with van der Waals surface area (Å²) in [7, 11) is 0. The van der Waals surface area contributed by atoms with Crippen LogP contribution in [0.4, 0.5) is 23.7 Å². The molecule has 0 unspecified atom stereocenters. The van der Waals surface area contributed by atoms with Crippen molar-refractivity contribution in [1.29, 1.82) is 0 Å². The van der Waals surface area contributed by atoms with Crippen molar-refractivity contribution in [3.63, 3.8) is 0 Å². The van der Waals surface area contributed by atoms with Crippen molar-refractivity contribution in [2.24, 2.45) is 11.7 Å². The number of halogens is 3. The van der Waals surface area contributed by atoms with Crippen LogP contribution in [-0.2, 0) is 17.5 Å². The van der Waals surface area contributed by atoms with Gasteiger partial charge in [0, 0.05) is 11.7 Å². The lowest BCUT2D eigenvalue weighted by atomic mass is 9.95. The van der Waals surface area contributed by atoms with Crippen LogP contribution in [0.3, 0.4) is 0 Å². The van der Waals surface area contributed by atoms with Crippen LogP contribution in [0.2, 0.25) is 0 Å². The number of alkyl halides is 3. The van der Waals surface area contributed by atoms with Crippen molar-refractivity contribution in [2.45, 2.75) is 75.1 Å². The number of imide groups is 1. The van der Waals surface area contributed by atoms with Crippen LogP contribution >= 0.6 is 11.8 Å². The van der Waals surface area contributed by atoms with Gasteiger partial charge in [-0.25, -0.2) is 4.79 Å². The molecule has 0 aliphatic heterocycles. The topological polar surface area (TPSA) is 115 Å². The molecular weight excluding hydrogens is 469 g/mol. The molecule has 2 aromatic rings. The molecule has 3 amide bonds. The molecule has 0 bridgehead atoms. The van der Waals surface area contributed by atoms with Gasteiger partial charge in [0.15, 0.2) is 11.0 Å². The van der Waals surface area contributed by atoms with Crippen LogP contribution in [0.1, 0.15) is 63.4 Å². The number of anilines is 1. The van der Waals surface area contributed by atoms with Crippen LogP contribution < -0.4 is 16.4 Å². The molecule has 34 heavy (non-hydrogen) atoms. The van der Waals surface area contributed by atoms with Gasteiger partial charge in [0.2, 0.25) is 5.91 Å². The van der Waals surface area contributed by atoms with E-state index in [4.69, 9.17) is 5.73 Å². The lowest BCUT2D eigenvalue weighted by Crippen LogP contribution is -2.42. The number of carbonyl (C=O) groups excluding carboxylic acids is 2. The highest BCUT2D eigenvalue weighted by Crippen LogP contribution is 2.36. The van der Waals surface area contributed by atoms with E-state index < -0.39 is 28.9 Å². The van der Waals surface area contributed by atoms with E-state index in [9.17, 15) is 22.8 Å². The number of carbonyl (C=O) groups is 2. The summed E-state index contributed by atoms with van der Waals surface area (Å²) in [6, 6.07) is 4.19. The highest BCUT2D eigenvalue weighted by Gasteiger charge is 2.31. The Labute approximate surface area is 200 Å². The second-order valence-corrected chi connectivity index (χ2v) is 9.74. The third kappa shape index (κ3) is 6.64. The monoisotopic (exact) mass is 498 g/mol. The summed E-state index contributed by atoms with van der Waals surface area (Å²) in [5, 5.41) is 13.7. The molecule has 0 saturated heterocycles. The van der Waals surface area contributed by atoms with Gasteiger partial charge in [-0.05, 0) is 37.0 Å². The molecule has 8 nitrogen and oxygen atoms in total. The molecule has 1 fully saturated rings. The molecule has 1 heterocycles. The fourth-order valence-corrected chi connectivity index (χ4v) is 5.12. The minimum Gasteiger partial charge on any atom is -0.378 e. The fourth-order valence-electron chi connectivity index (χ4n) is 4.00. The molecule has 1 aliphatic carbocycles. The van der Waals surface area contributed by atoms with Gasteiger partial charge in [0.1, 0.15) is 0 Å². The first kappa shape index (κ1) is 25.9. The van der Waals surface area contributed by atoms with E-state index in [0.717, 1.165) is 44.2 Å². The molecule has 1 atom stereocenters. The molecule has 1 aromatic heterocycles. The Balaban J connectivity index is 1.85. The van der Waals surface area contributed by atoms with E-state index in [2.05, 4.69) is 20.8 Å². The Morgan fingerprint density at radius 2 is 1.91 bits per heavy atom. The molecule has 0 spiro atoms. The van der Waals surface area contributed by atoms with Crippen LogP contribution in [0.5, 0.6) is 0 Å². The molecule has 1 aliphatic rings. The molecule has 1 aromatic carbocycles. The van der Waals surface area contributed by atoms with Crippen molar-refractivity contribution >= 4 is 29.4 Å². The van der Waals surface area contributed by atoms with E-state index in [0.29, 0.717) is 16.7 Å². The van der Waals surface area contributed by atoms with Crippen LogP contribution in [-0.4, -0.2) is 32.0 Å². The Kier molecular flexibility index (Phi) is 8.45. The minimum absolute atomic E-state index is 0.118. The Hall–Kier alpha value is -2.76. The van der Waals surface area contributed by atoms with E-state index in [1.54, 1.807) is 6.07 Å². The summed E-state index contributed by atoms with van der Waals surface area (Å²) < 4.78 is 41.1. The van der Waals surface area contributed by atoms with Crippen LogP contribution in [0.15, 0.2) is 29.4 Å². The van der Waals surface area contributed by atoms with Gasteiger partial charge in [-0.15, -0.1) is 10.2 Å². The van der Waals surface area contributed by atoms with Crippen molar-refractivity contribution < 1.29 is 22.8 Å². The first-order chi connectivity index (χ1) is 16.1. The number of nitrogens with one attached hydrogen (secondary N) is 2. The number of amides is 3. The van der Waals surface area contributed by atoms with Crippen molar-refractivity contribution in [1.82, 2.24) is 20.1 Å². The average Bonchev–Trinajstić information content (AvgIpc) is 3.18. The zero-order chi connectivity index (χ0) is 24.9. The Bertz CT molecular complexity index is 1000. The number of rotatable bonds is 8. The number of benzene rings is 1. The summed E-state index contributed by atoms with van der Waals surface area (Å²) in [4.78, 5) is 23.7. The molecule has 4 N–H and O–H groups in total. The molecule has 12 heteroatoms. The Morgan fingerprint density at radius 1 is 1.21 bits per heavy atom. The number of hydrogen-bond acceptors (Lipinski definition) is 6. The van der Waals surface area contributed by atoms with Crippen LogP contribution in [0, 0.1) is 5.92 Å². The maximum Gasteiger partial charge on any atom is 0.416 e. The standard InChI is InChI=1S/C22H29F3N6O2S/c1-13(2)18(19(32)28-20(26)33)34-21-30-29-17(31(21)16-9-4-3-5-10-16)12-27-15-8-6-7-14(11-15)22(23,24)25/h6-8,11,13,16,18,27H,3-5,9-10,12H2,1-2H3,(H3,26,28,32,33)/t18-/m0/s1. The number of hydrogen-bond donors (Lipinski definition) is 3. The lowest BCUT2D eigenvalue weighted by Gasteiger charge is -2.27. The van der Waals surface area contributed by atoms with E-state index in [1.165, 1.54) is 17.8 Å². The van der Waals surface area contributed by atoms with E-state index >= 15 is 0 Å². The highest BCUT2D eigenvalue weighted by atomic mass is 32.2. The second-order valence-electron chi connectivity index (χ2n) is 8.63. The highest BCUT2D eigenvalue weighted by molar-refractivity contribution is 8.00. The molecular formula is C22H29F3N6O2S. The van der Waals surface area contributed by atoms with Crippen molar-refractivity contribution in [3.8, 4) is 0 Å². The van der Waals surface area contributed by atoms with Gasteiger partial charge in [0.05, 0.1) is 17.4 Å². The second kappa shape index (κ2) is 11.1. The first-order valence-corrected chi connectivity index (χ1v) is 12.1. The summed E-state index contributed by atoms with van der Waals surface area (Å²) in [5.74, 6) is -0.0495. The van der Waals surface area contributed by atoms with Crippen molar-refractivity contribution in [2.75, 3.05) is 5.32 Å². The number of aromatic nitrogens is 3. The van der Waals surface area contributed by atoms with Gasteiger partial charge in [-0.1, -0.05) is 50.9 Å². The van der Waals surface area contributed by atoms with Gasteiger partial charge < -0.3 is 15.6 Å². The summed E-state index contributed by atoms with van der Waals surface area (Å²) in [6.07, 6.45) is 0.631. The van der Waals surface area contributed by atoms with E-state index in [1.807, 2.05) is 18.4 Å².